The van der Waals surface area contributed by atoms with E-state index in [1.807, 2.05) is 0 Å². The number of carbonyl (C=O) groups is 1. The third-order valence-electron chi connectivity index (χ3n) is 5.66. The highest BCUT2D eigenvalue weighted by molar-refractivity contribution is 5.81. The van der Waals surface area contributed by atoms with E-state index in [9.17, 15) is 18.8 Å². The van der Waals surface area contributed by atoms with E-state index < -0.39 is 11.2 Å². The van der Waals surface area contributed by atoms with E-state index in [2.05, 4.69) is 5.32 Å². The van der Waals surface area contributed by atoms with E-state index in [-0.39, 0.29) is 30.9 Å². The molecule has 7 heteroatoms. The Labute approximate surface area is 173 Å². The normalized spacial score (nSPS) is 14.7. The maximum absolute atomic E-state index is 13.2. The summed E-state index contributed by atoms with van der Waals surface area (Å²) < 4.78 is 15.7. The van der Waals surface area contributed by atoms with Crippen LogP contribution in [-0.2, 0) is 17.9 Å². The Kier molecular flexibility index (Phi) is 5.79. The molecule has 1 fully saturated rings. The highest BCUT2D eigenvalue weighted by Gasteiger charge is 2.19. The minimum absolute atomic E-state index is 0.00697. The molecule has 1 aliphatic rings. The van der Waals surface area contributed by atoms with Crippen LogP contribution in [0.4, 0.5) is 4.39 Å². The van der Waals surface area contributed by atoms with E-state index in [0.29, 0.717) is 16.5 Å². The highest BCUT2D eigenvalue weighted by Crippen LogP contribution is 2.17. The van der Waals surface area contributed by atoms with Crippen LogP contribution in [0, 0.1) is 5.82 Å². The molecule has 0 bridgehead atoms. The third kappa shape index (κ3) is 4.20. The first-order valence-corrected chi connectivity index (χ1v) is 10.3. The van der Waals surface area contributed by atoms with Crippen LogP contribution in [0.15, 0.2) is 58.1 Å². The van der Waals surface area contributed by atoms with Gasteiger partial charge in [-0.3, -0.25) is 18.7 Å². The van der Waals surface area contributed by atoms with Crippen molar-refractivity contribution in [3.05, 3.63) is 80.7 Å². The molecule has 1 heterocycles. The first kappa shape index (κ1) is 20.1. The predicted molar refractivity (Wildman–Crippen MR) is 113 cm³/mol. The van der Waals surface area contributed by atoms with Crippen LogP contribution in [0.25, 0.3) is 10.9 Å². The van der Waals surface area contributed by atoms with Crippen molar-refractivity contribution in [2.24, 2.45) is 0 Å². The summed E-state index contributed by atoms with van der Waals surface area (Å²) in [7, 11) is 0. The third-order valence-corrected chi connectivity index (χ3v) is 5.66. The Balaban J connectivity index is 1.70. The van der Waals surface area contributed by atoms with Crippen LogP contribution in [-0.4, -0.2) is 21.1 Å². The minimum Gasteiger partial charge on any atom is -0.352 e. The molecule has 1 aliphatic carbocycles. The lowest BCUT2D eigenvalue weighted by atomic mass is 9.95. The smallest absolute Gasteiger partial charge is 0.332 e. The Morgan fingerprint density at radius 2 is 1.67 bits per heavy atom. The van der Waals surface area contributed by atoms with Crippen molar-refractivity contribution in [1.29, 1.82) is 0 Å². The number of nitrogens with one attached hydrogen (secondary N) is 1. The molecule has 4 rings (SSSR count). The number of carbonyl (C=O) groups excluding carboxylic acids is 1. The number of hydrogen-bond acceptors (Lipinski definition) is 3. The van der Waals surface area contributed by atoms with Crippen LogP contribution < -0.4 is 16.6 Å². The van der Waals surface area contributed by atoms with Gasteiger partial charge >= 0.3 is 5.69 Å². The summed E-state index contributed by atoms with van der Waals surface area (Å²) in [5.41, 5.74) is 0.0800. The maximum atomic E-state index is 13.2. The van der Waals surface area contributed by atoms with Crippen LogP contribution in [0.5, 0.6) is 0 Å². The van der Waals surface area contributed by atoms with Crippen LogP contribution in [0.2, 0.25) is 0 Å². The molecular weight excluding hydrogens is 385 g/mol. The molecule has 0 radical (unpaired) electrons. The lowest BCUT2D eigenvalue weighted by Crippen LogP contribution is -2.44. The number of rotatable bonds is 5. The number of amides is 1. The second kappa shape index (κ2) is 8.65. The van der Waals surface area contributed by atoms with Crippen LogP contribution in [0.1, 0.15) is 37.7 Å². The number of para-hydroxylation sites is 1. The zero-order valence-corrected chi connectivity index (χ0v) is 16.6. The summed E-state index contributed by atoms with van der Waals surface area (Å²) >= 11 is 0. The molecule has 1 N–H and O–H groups in total. The molecule has 1 amide bonds. The molecule has 0 saturated heterocycles. The van der Waals surface area contributed by atoms with Crippen molar-refractivity contribution < 1.29 is 9.18 Å². The van der Waals surface area contributed by atoms with Crippen molar-refractivity contribution in [3.63, 3.8) is 0 Å². The van der Waals surface area contributed by atoms with Gasteiger partial charge in [-0.2, -0.15) is 0 Å². The van der Waals surface area contributed by atoms with E-state index in [1.165, 1.54) is 35.3 Å². The van der Waals surface area contributed by atoms with Crippen molar-refractivity contribution in [3.8, 4) is 0 Å². The Bertz CT molecular complexity index is 1180. The first-order chi connectivity index (χ1) is 14.5. The fourth-order valence-corrected chi connectivity index (χ4v) is 4.10. The number of nitrogens with zero attached hydrogens (tertiary/aromatic N) is 2. The lowest BCUT2D eigenvalue weighted by molar-refractivity contribution is -0.122. The zero-order chi connectivity index (χ0) is 21.1. The van der Waals surface area contributed by atoms with Gasteiger partial charge in [0.2, 0.25) is 5.91 Å². The van der Waals surface area contributed by atoms with E-state index in [4.69, 9.17) is 0 Å². The summed E-state index contributed by atoms with van der Waals surface area (Å²) in [5, 5.41) is 3.39. The van der Waals surface area contributed by atoms with Gasteiger partial charge in [0.1, 0.15) is 12.4 Å². The van der Waals surface area contributed by atoms with Gasteiger partial charge in [0.15, 0.2) is 0 Å². The molecule has 2 aromatic carbocycles. The molecule has 3 aromatic rings. The molecule has 0 atom stereocenters. The molecule has 1 aromatic heterocycles. The van der Waals surface area contributed by atoms with Crippen LogP contribution in [0.3, 0.4) is 0 Å². The van der Waals surface area contributed by atoms with E-state index in [1.54, 1.807) is 24.3 Å². The number of fused-ring (bicyclic) bond motifs is 1. The Hall–Kier alpha value is -3.22. The summed E-state index contributed by atoms with van der Waals surface area (Å²) in [6, 6.07) is 12.6. The molecule has 6 nitrogen and oxygen atoms in total. The summed E-state index contributed by atoms with van der Waals surface area (Å²) in [6.07, 6.45) is 5.27. The minimum atomic E-state index is -0.554. The number of hydrogen-bond donors (Lipinski definition) is 1. The standard InChI is InChI=1S/C23H24FN3O3/c24-17-12-10-16(11-13-17)14-27-22(29)19-8-4-5-9-20(19)26(23(27)30)15-21(28)25-18-6-2-1-3-7-18/h4-5,8-13,18H,1-3,6-7,14-15H2,(H,25,28). The second-order valence-electron chi connectivity index (χ2n) is 7.81. The molecular formula is C23H24FN3O3. The highest BCUT2D eigenvalue weighted by atomic mass is 19.1. The van der Waals surface area contributed by atoms with E-state index >= 15 is 0 Å². The quantitative estimate of drug-likeness (QED) is 0.704. The van der Waals surface area contributed by atoms with Gasteiger partial charge in [-0.05, 0) is 42.7 Å². The summed E-state index contributed by atoms with van der Waals surface area (Å²) in [4.78, 5) is 38.8. The first-order valence-electron chi connectivity index (χ1n) is 10.3. The fourth-order valence-electron chi connectivity index (χ4n) is 4.10. The lowest BCUT2D eigenvalue weighted by Gasteiger charge is -2.23. The van der Waals surface area contributed by atoms with Crippen molar-refractivity contribution >= 4 is 16.8 Å². The largest absolute Gasteiger partial charge is 0.352 e. The topological polar surface area (TPSA) is 73.1 Å². The molecule has 0 spiro atoms. The monoisotopic (exact) mass is 409 g/mol. The molecule has 30 heavy (non-hydrogen) atoms. The average Bonchev–Trinajstić information content (AvgIpc) is 2.76. The number of benzene rings is 2. The van der Waals surface area contributed by atoms with Gasteiger partial charge in [0.25, 0.3) is 5.56 Å². The zero-order valence-electron chi connectivity index (χ0n) is 16.6. The second-order valence-corrected chi connectivity index (χ2v) is 7.81. The fraction of sp³-hybridized carbons (Fsp3) is 0.348. The summed E-state index contributed by atoms with van der Waals surface area (Å²) in [5.74, 6) is -0.623. The predicted octanol–water partition coefficient (Wildman–Crippen LogP) is 2.80. The average molecular weight is 409 g/mol. The number of aromatic nitrogens is 2. The van der Waals surface area contributed by atoms with E-state index in [0.717, 1.165) is 30.3 Å². The van der Waals surface area contributed by atoms with Gasteiger partial charge < -0.3 is 5.32 Å². The van der Waals surface area contributed by atoms with Crippen LogP contribution >= 0.6 is 0 Å². The molecule has 1 saturated carbocycles. The van der Waals surface area contributed by atoms with Crippen molar-refractivity contribution in [2.75, 3.05) is 0 Å². The van der Waals surface area contributed by atoms with Crippen molar-refractivity contribution in [2.45, 2.75) is 51.2 Å². The number of halogens is 1. The van der Waals surface area contributed by atoms with Gasteiger partial charge in [-0.25, -0.2) is 9.18 Å². The molecule has 156 valence electrons. The Morgan fingerprint density at radius 1 is 0.967 bits per heavy atom. The van der Waals surface area contributed by atoms with Gasteiger partial charge in [-0.1, -0.05) is 43.5 Å². The maximum Gasteiger partial charge on any atom is 0.332 e. The molecule has 0 aliphatic heterocycles. The van der Waals surface area contributed by atoms with Gasteiger partial charge in [0, 0.05) is 6.04 Å². The molecule has 0 unspecified atom stereocenters. The van der Waals surface area contributed by atoms with Gasteiger partial charge in [-0.15, -0.1) is 0 Å². The van der Waals surface area contributed by atoms with Crippen molar-refractivity contribution in [1.82, 2.24) is 14.5 Å². The SMILES string of the molecule is O=C(Cn1c(=O)n(Cc2ccc(F)cc2)c(=O)c2ccccc21)NC1CCCCC1. The summed E-state index contributed by atoms with van der Waals surface area (Å²) in [6.45, 7) is -0.146. The Morgan fingerprint density at radius 3 is 2.40 bits per heavy atom. The van der Waals surface area contributed by atoms with Gasteiger partial charge in [0.05, 0.1) is 17.4 Å².